The fourth-order valence-electron chi connectivity index (χ4n) is 1.46. The summed E-state index contributed by atoms with van der Waals surface area (Å²) in [4.78, 5) is 0. The minimum Gasteiger partial charge on any atom is -0.364 e. The van der Waals surface area contributed by atoms with Gasteiger partial charge in [-0.1, -0.05) is 22.0 Å². The Bertz CT molecular complexity index is 616. The van der Waals surface area contributed by atoms with Gasteiger partial charge in [0.1, 0.15) is 11.6 Å². The lowest BCUT2D eigenvalue weighted by Crippen LogP contribution is -2.09. The van der Waals surface area contributed by atoms with Gasteiger partial charge in [0.15, 0.2) is 0 Å². The van der Waals surface area contributed by atoms with Gasteiger partial charge in [-0.05, 0) is 18.2 Å². The van der Waals surface area contributed by atoms with E-state index in [0.29, 0.717) is 16.2 Å². The minimum absolute atomic E-state index is 0.00903. The second-order valence-corrected chi connectivity index (χ2v) is 4.83. The van der Waals surface area contributed by atoms with Gasteiger partial charge in [-0.3, -0.25) is 0 Å². The van der Waals surface area contributed by atoms with Crippen molar-refractivity contribution in [2.24, 2.45) is 0 Å². The predicted octanol–water partition coefficient (Wildman–Crippen LogP) is 4.01. The Morgan fingerprint density at radius 1 is 1.20 bits per heavy atom. The number of nitrogens with zero attached hydrogens (tertiary/aromatic N) is 2. The first-order valence-electron chi connectivity index (χ1n) is 5.44. The number of benzene rings is 1. The van der Waals surface area contributed by atoms with Crippen LogP contribution in [-0.4, -0.2) is 10.2 Å². The summed E-state index contributed by atoms with van der Waals surface area (Å²) >= 11 is 3.12. The number of aromatic nitrogens is 2. The Kier molecular flexibility index (Phi) is 4.22. The fourth-order valence-corrected chi connectivity index (χ4v) is 1.79. The summed E-state index contributed by atoms with van der Waals surface area (Å²) in [5.74, 6) is -0.533. The molecule has 0 saturated carbocycles. The van der Waals surface area contributed by atoms with Gasteiger partial charge in [0.25, 0.3) is 0 Å². The molecule has 0 bridgehead atoms. The number of rotatable bonds is 3. The molecule has 1 N–H and O–H groups in total. The molecular weight excluding hydrogens is 342 g/mol. The van der Waals surface area contributed by atoms with E-state index in [9.17, 15) is 17.6 Å². The molecule has 0 aliphatic heterocycles. The van der Waals surface area contributed by atoms with Crippen LogP contribution in [0.5, 0.6) is 0 Å². The molecule has 1 aromatic heterocycles. The molecule has 0 amide bonds. The quantitative estimate of drug-likeness (QED) is 0.850. The molecule has 2 aromatic rings. The Hall–Kier alpha value is -1.70. The summed E-state index contributed by atoms with van der Waals surface area (Å²) in [6.45, 7) is 0.00903. The molecule has 20 heavy (non-hydrogen) atoms. The second-order valence-electron chi connectivity index (χ2n) is 3.92. The van der Waals surface area contributed by atoms with E-state index in [1.165, 1.54) is 12.1 Å². The highest BCUT2D eigenvalue weighted by molar-refractivity contribution is 9.10. The maximum atomic E-state index is 13.5. The van der Waals surface area contributed by atoms with Crippen LogP contribution < -0.4 is 5.32 Å². The lowest BCUT2D eigenvalue weighted by molar-refractivity contribution is -0.137. The van der Waals surface area contributed by atoms with Gasteiger partial charge in [-0.25, -0.2) is 4.39 Å². The van der Waals surface area contributed by atoms with Crippen molar-refractivity contribution in [1.82, 2.24) is 10.2 Å². The molecule has 0 spiro atoms. The normalized spacial score (nSPS) is 11.4. The molecule has 0 atom stereocenters. The van der Waals surface area contributed by atoms with Crippen molar-refractivity contribution in [3.05, 3.63) is 51.9 Å². The Balaban J connectivity index is 2.11. The molecule has 0 aliphatic carbocycles. The topological polar surface area (TPSA) is 37.8 Å². The van der Waals surface area contributed by atoms with Crippen LogP contribution in [-0.2, 0) is 12.7 Å². The van der Waals surface area contributed by atoms with Crippen molar-refractivity contribution < 1.29 is 17.6 Å². The highest BCUT2D eigenvalue weighted by Gasteiger charge is 2.31. The van der Waals surface area contributed by atoms with E-state index in [2.05, 4.69) is 31.4 Å². The van der Waals surface area contributed by atoms with Crippen molar-refractivity contribution >= 4 is 21.7 Å². The molecule has 3 nitrogen and oxygen atoms in total. The zero-order chi connectivity index (χ0) is 14.8. The van der Waals surface area contributed by atoms with Crippen molar-refractivity contribution in [2.75, 3.05) is 5.32 Å². The minimum atomic E-state index is -4.49. The van der Waals surface area contributed by atoms with Crippen LogP contribution in [0.4, 0.5) is 23.4 Å². The number of nitrogens with one attached hydrogen (secondary N) is 1. The molecular formula is C12H8BrF4N3. The zero-order valence-corrected chi connectivity index (χ0v) is 11.5. The first-order chi connectivity index (χ1) is 9.36. The Morgan fingerprint density at radius 3 is 2.60 bits per heavy atom. The van der Waals surface area contributed by atoms with Crippen LogP contribution >= 0.6 is 15.9 Å². The van der Waals surface area contributed by atoms with Gasteiger partial charge in [-0.15, -0.1) is 5.10 Å². The number of hydrogen-bond acceptors (Lipinski definition) is 3. The van der Waals surface area contributed by atoms with Crippen LogP contribution in [0.2, 0.25) is 0 Å². The van der Waals surface area contributed by atoms with Crippen LogP contribution in [0.15, 0.2) is 34.9 Å². The summed E-state index contributed by atoms with van der Waals surface area (Å²) in [6.07, 6.45) is -3.86. The van der Waals surface area contributed by atoms with Crippen LogP contribution in [0, 0.1) is 5.82 Å². The first kappa shape index (κ1) is 14.7. The standard InChI is InChI=1S/C12H8BrF4N3/c13-9-2-1-7(10(14)4-9)5-18-11-3-8(6-19-20-11)12(15,16)17/h1-4,6H,5H2,(H,18,20). The SMILES string of the molecule is Fc1cc(Br)ccc1CNc1cc(C(F)(F)F)cnn1. The fraction of sp³-hybridized carbons (Fsp3) is 0.167. The van der Waals surface area contributed by atoms with Gasteiger partial charge in [0, 0.05) is 16.6 Å². The molecule has 0 unspecified atom stereocenters. The van der Waals surface area contributed by atoms with Crippen LogP contribution in [0.25, 0.3) is 0 Å². The van der Waals surface area contributed by atoms with Crippen molar-refractivity contribution in [3.63, 3.8) is 0 Å². The third-order valence-electron chi connectivity index (χ3n) is 2.46. The lowest BCUT2D eigenvalue weighted by Gasteiger charge is -2.09. The van der Waals surface area contributed by atoms with Gasteiger partial charge >= 0.3 is 6.18 Å². The number of hydrogen-bond donors (Lipinski definition) is 1. The Morgan fingerprint density at radius 2 is 1.95 bits per heavy atom. The zero-order valence-electron chi connectivity index (χ0n) is 9.88. The third kappa shape index (κ3) is 3.66. The van der Waals surface area contributed by atoms with E-state index in [0.717, 1.165) is 6.07 Å². The van der Waals surface area contributed by atoms with E-state index < -0.39 is 17.6 Å². The van der Waals surface area contributed by atoms with E-state index in [4.69, 9.17) is 0 Å². The van der Waals surface area contributed by atoms with Gasteiger partial charge in [0.2, 0.25) is 0 Å². The first-order valence-corrected chi connectivity index (χ1v) is 6.23. The molecule has 1 heterocycles. The molecule has 8 heteroatoms. The molecule has 2 rings (SSSR count). The van der Waals surface area contributed by atoms with E-state index >= 15 is 0 Å². The average Bonchev–Trinajstić information content (AvgIpc) is 2.37. The average molecular weight is 350 g/mol. The molecule has 0 saturated heterocycles. The smallest absolute Gasteiger partial charge is 0.364 e. The summed E-state index contributed by atoms with van der Waals surface area (Å²) in [5, 5.41) is 9.39. The Labute approximate surface area is 120 Å². The predicted molar refractivity (Wildman–Crippen MR) is 68.5 cm³/mol. The van der Waals surface area contributed by atoms with Gasteiger partial charge < -0.3 is 5.32 Å². The largest absolute Gasteiger partial charge is 0.418 e. The molecule has 0 aliphatic rings. The summed E-state index contributed by atoms with van der Waals surface area (Å²) < 4.78 is 51.6. The van der Waals surface area contributed by atoms with E-state index in [-0.39, 0.29) is 12.4 Å². The molecule has 106 valence electrons. The van der Waals surface area contributed by atoms with Crippen molar-refractivity contribution in [2.45, 2.75) is 12.7 Å². The number of halogens is 5. The lowest BCUT2D eigenvalue weighted by atomic mass is 10.2. The summed E-state index contributed by atoms with van der Waals surface area (Å²) in [5.41, 5.74) is -0.598. The monoisotopic (exact) mass is 349 g/mol. The highest BCUT2D eigenvalue weighted by Crippen LogP contribution is 2.29. The maximum Gasteiger partial charge on any atom is 0.418 e. The van der Waals surface area contributed by atoms with Crippen LogP contribution in [0.3, 0.4) is 0 Å². The third-order valence-corrected chi connectivity index (χ3v) is 2.95. The van der Waals surface area contributed by atoms with E-state index in [1.807, 2.05) is 0 Å². The summed E-state index contributed by atoms with van der Waals surface area (Å²) in [6, 6.07) is 5.25. The van der Waals surface area contributed by atoms with Gasteiger partial charge in [0.05, 0.1) is 11.8 Å². The van der Waals surface area contributed by atoms with Gasteiger partial charge in [-0.2, -0.15) is 18.3 Å². The van der Waals surface area contributed by atoms with Crippen molar-refractivity contribution in [1.29, 1.82) is 0 Å². The number of anilines is 1. The van der Waals surface area contributed by atoms with E-state index in [1.54, 1.807) is 6.07 Å². The molecule has 1 aromatic carbocycles. The highest BCUT2D eigenvalue weighted by atomic mass is 79.9. The van der Waals surface area contributed by atoms with Crippen LogP contribution in [0.1, 0.15) is 11.1 Å². The molecule has 0 radical (unpaired) electrons. The number of alkyl halides is 3. The maximum absolute atomic E-state index is 13.5. The molecule has 0 fully saturated rings. The second kappa shape index (κ2) is 5.74. The summed E-state index contributed by atoms with van der Waals surface area (Å²) in [7, 11) is 0. The van der Waals surface area contributed by atoms with Crippen molar-refractivity contribution in [3.8, 4) is 0 Å².